The largest absolute Gasteiger partial charge is 0.457 e. The van der Waals surface area contributed by atoms with Gasteiger partial charge in [-0.25, -0.2) is 0 Å². The zero-order valence-corrected chi connectivity index (χ0v) is 13.4. The van der Waals surface area contributed by atoms with Crippen LogP contribution in [-0.4, -0.2) is 17.9 Å². The number of amides is 1. The number of carbonyl (C=O) groups excluding carboxylic acids is 1. The molecule has 0 radical (unpaired) electrons. The van der Waals surface area contributed by atoms with Crippen molar-refractivity contribution < 1.29 is 9.53 Å². The van der Waals surface area contributed by atoms with E-state index in [0.717, 1.165) is 22.2 Å². The number of nitrogens with one attached hydrogen (secondary N) is 1. The third-order valence-electron chi connectivity index (χ3n) is 3.77. The molecule has 2 aromatic carbocycles. The summed E-state index contributed by atoms with van der Waals surface area (Å²) in [7, 11) is 1.62. The van der Waals surface area contributed by atoms with Gasteiger partial charge in [0.1, 0.15) is 11.5 Å². The van der Waals surface area contributed by atoms with Gasteiger partial charge in [-0.15, -0.1) is 0 Å². The Balaban J connectivity index is 2.09. The lowest BCUT2D eigenvalue weighted by atomic mass is 10.0. The monoisotopic (exact) mass is 306 g/mol. The van der Waals surface area contributed by atoms with E-state index in [1.807, 2.05) is 56.3 Å². The molecule has 0 spiro atoms. The summed E-state index contributed by atoms with van der Waals surface area (Å²) in [5.74, 6) is 1.32. The third-order valence-corrected chi connectivity index (χ3v) is 3.77. The Morgan fingerprint density at radius 2 is 1.83 bits per heavy atom. The van der Waals surface area contributed by atoms with Crippen LogP contribution < -0.4 is 10.1 Å². The number of pyridine rings is 1. The van der Waals surface area contributed by atoms with E-state index in [0.29, 0.717) is 11.3 Å². The predicted octanol–water partition coefficient (Wildman–Crippen LogP) is 4.00. The van der Waals surface area contributed by atoms with Crippen molar-refractivity contribution in [3.8, 4) is 11.5 Å². The summed E-state index contributed by atoms with van der Waals surface area (Å²) in [5, 5.41) is 3.48. The van der Waals surface area contributed by atoms with Crippen molar-refractivity contribution in [2.24, 2.45) is 0 Å². The highest BCUT2D eigenvalue weighted by molar-refractivity contribution is 6.00. The molecule has 1 heterocycles. The predicted molar refractivity (Wildman–Crippen MR) is 91.1 cm³/mol. The number of ether oxygens (including phenoxy) is 1. The van der Waals surface area contributed by atoms with E-state index in [1.165, 1.54) is 5.56 Å². The number of aryl methyl sites for hydroxylation is 2. The molecule has 0 unspecified atom stereocenters. The molecule has 0 aliphatic carbocycles. The van der Waals surface area contributed by atoms with E-state index in [9.17, 15) is 4.79 Å². The normalized spacial score (nSPS) is 10.6. The van der Waals surface area contributed by atoms with Gasteiger partial charge in [-0.05, 0) is 49.7 Å². The first kappa shape index (κ1) is 15.0. The molecule has 0 fully saturated rings. The van der Waals surface area contributed by atoms with Crippen molar-refractivity contribution in [1.29, 1.82) is 0 Å². The average Bonchev–Trinajstić information content (AvgIpc) is 2.56. The molecule has 116 valence electrons. The van der Waals surface area contributed by atoms with Crippen LogP contribution in [0.15, 0.2) is 48.7 Å². The lowest BCUT2D eigenvalue weighted by Crippen LogP contribution is -2.18. The Bertz CT molecular complexity index is 870. The van der Waals surface area contributed by atoms with Gasteiger partial charge in [0.15, 0.2) is 0 Å². The van der Waals surface area contributed by atoms with Crippen molar-refractivity contribution in [3.05, 3.63) is 65.4 Å². The quantitative estimate of drug-likeness (QED) is 0.795. The molecule has 3 aromatic rings. The minimum absolute atomic E-state index is 0.116. The highest BCUT2D eigenvalue weighted by atomic mass is 16.5. The number of nitrogens with zero attached hydrogens (tertiary/aromatic N) is 1. The van der Waals surface area contributed by atoms with E-state index in [2.05, 4.69) is 10.3 Å². The molecule has 23 heavy (non-hydrogen) atoms. The SMILES string of the molecule is CNC(=O)c1cc2c(Oc3ccc(C)cc3)ccnc2cc1C. The van der Waals surface area contributed by atoms with E-state index in [4.69, 9.17) is 4.74 Å². The molecule has 4 nitrogen and oxygen atoms in total. The Morgan fingerprint density at radius 3 is 2.52 bits per heavy atom. The molecular formula is C19H18N2O2. The lowest BCUT2D eigenvalue weighted by Gasteiger charge is -2.11. The smallest absolute Gasteiger partial charge is 0.251 e. The molecule has 1 N–H and O–H groups in total. The maximum Gasteiger partial charge on any atom is 0.251 e. The maximum atomic E-state index is 12.0. The summed E-state index contributed by atoms with van der Waals surface area (Å²) in [5.41, 5.74) is 3.49. The fraction of sp³-hybridized carbons (Fsp3) is 0.158. The third kappa shape index (κ3) is 3.01. The summed E-state index contributed by atoms with van der Waals surface area (Å²) in [6.45, 7) is 3.93. The van der Waals surface area contributed by atoms with Crippen LogP contribution in [0.25, 0.3) is 10.9 Å². The standard InChI is InChI=1S/C19H18N2O2/c1-12-4-6-14(7-5-12)23-18-8-9-21-17-10-13(2)15(11-16(17)18)19(22)20-3/h4-11H,1-3H3,(H,20,22). The number of carbonyl (C=O) groups is 1. The number of hydrogen-bond acceptors (Lipinski definition) is 3. The molecule has 1 aromatic heterocycles. The first-order valence-electron chi connectivity index (χ1n) is 7.44. The fourth-order valence-corrected chi connectivity index (χ4v) is 2.47. The van der Waals surface area contributed by atoms with E-state index in [-0.39, 0.29) is 5.91 Å². The average molecular weight is 306 g/mol. The summed E-state index contributed by atoms with van der Waals surface area (Å²) >= 11 is 0. The molecular weight excluding hydrogens is 288 g/mol. The second-order valence-corrected chi connectivity index (χ2v) is 5.49. The molecule has 0 saturated carbocycles. The van der Waals surface area contributed by atoms with Crippen LogP contribution in [0.1, 0.15) is 21.5 Å². The highest BCUT2D eigenvalue weighted by Crippen LogP contribution is 2.30. The Kier molecular flexibility index (Phi) is 3.98. The molecule has 0 aliphatic heterocycles. The van der Waals surface area contributed by atoms with Crippen LogP contribution in [0.2, 0.25) is 0 Å². The van der Waals surface area contributed by atoms with Gasteiger partial charge in [0.2, 0.25) is 0 Å². The molecule has 0 bridgehead atoms. The lowest BCUT2D eigenvalue weighted by molar-refractivity contribution is 0.0962. The van der Waals surface area contributed by atoms with E-state index in [1.54, 1.807) is 13.2 Å². The molecule has 0 saturated heterocycles. The van der Waals surface area contributed by atoms with E-state index >= 15 is 0 Å². The van der Waals surface area contributed by atoms with Crippen LogP contribution in [0.5, 0.6) is 11.5 Å². The van der Waals surface area contributed by atoms with Gasteiger partial charge in [0.05, 0.1) is 5.52 Å². The summed E-state index contributed by atoms with van der Waals surface area (Å²) in [6.07, 6.45) is 1.71. The molecule has 0 aliphatic rings. The minimum Gasteiger partial charge on any atom is -0.457 e. The van der Waals surface area contributed by atoms with Gasteiger partial charge in [-0.2, -0.15) is 0 Å². The molecule has 1 amide bonds. The topological polar surface area (TPSA) is 51.2 Å². The summed E-state index contributed by atoms with van der Waals surface area (Å²) < 4.78 is 5.98. The van der Waals surface area contributed by atoms with Gasteiger partial charge in [0, 0.05) is 24.2 Å². The second kappa shape index (κ2) is 6.08. The van der Waals surface area contributed by atoms with Crippen LogP contribution in [0.3, 0.4) is 0 Å². The summed E-state index contributed by atoms with van der Waals surface area (Å²) in [4.78, 5) is 16.4. The Labute approximate surface area is 135 Å². The van der Waals surface area contributed by atoms with Crippen molar-refractivity contribution in [3.63, 3.8) is 0 Å². The van der Waals surface area contributed by atoms with Crippen molar-refractivity contribution in [2.75, 3.05) is 7.05 Å². The minimum atomic E-state index is -0.116. The summed E-state index contributed by atoms with van der Waals surface area (Å²) in [6, 6.07) is 13.4. The van der Waals surface area contributed by atoms with Crippen molar-refractivity contribution in [2.45, 2.75) is 13.8 Å². The maximum absolute atomic E-state index is 12.0. The van der Waals surface area contributed by atoms with Gasteiger partial charge in [-0.1, -0.05) is 17.7 Å². The first-order chi connectivity index (χ1) is 11.1. The van der Waals surface area contributed by atoms with Crippen LogP contribution in [-0.2, 0) is 0 Å². The Morgan fingerprint density at radius 1 is 1.09 bits per heavy atom. The van der Waals surface area contributed by atoms with Gasteiger partial charge < -0.3 is 10.1 Å². The molecule has 4 heteroatoms. The van der Waals surface area contributed by atoms with Crippen molar-refractivity contribution >= 4 is 16.8 Å². The Hall–Kier alpha value is -2.88. The zero-order chi connectivity index (χ0) is 16.4. The second-order valence-electron chi connectivity index (χ2n) is 5.49. The molecule has 3 rings (SSSR count). The van der Waals surface area contributed by atoms with Gasteiger partial charge in [-0.3, -0.25) is 9.78 Å². The van der Waals surface area contributed by atoms with Crippen molar-refractivity contribution in [1.82, 2.24) is 10.3 Å². The highest BCUT2D eigenvalue weighted by Gasteiger charge is 2.12. The van der Waals surface area contributed by atoms with Crippen LogP contribution in [0.4, 0.5) is 0 Å². The van der Waals surface area contributed by atoms with Crippen LogP contribution in [0, 0.1) is 13.8 Å². The van der Waals surface area contributed by atoms with Gasteiger partial charge in [0.25, 0.3) is 5.91 Å². The molecule has 0 atom stereocenters. The van der Waals surface area contributed by atoms with Gasteiger partial charge >= 0.3 is 0 Å². The van der Waals surface area contributed by atoms with E-state index < -0.39 is 0 Å². The number of aromatic nitrogens is 1. The number of fused-ring (bicyclic) bond motifs is 1. The van der Waals surface area contributed by atoms with Crippen LogP contribution >= 0.6 is 0 Å². The first-order valence-corrected chi connectivity index (χ1v) is 7.44. The fourth-order valence-electron chi connectivity index (χ4n) is 2.47. The number of rotatable bonds is 3. The number of hydrogen-bond donors (Lipinski definition) is 1. The number of benzene rings is 2. The zero-order valence-electron chi connectivity index (χ0n) is 13.4.